The zero-order valence-electron chi connectivity index (χ0n) is 13.3. The van der Waals surface area contributed by atoms with E-state index in [4.69, 9.17) is 4.52 Å². The highest BCUT2D eigenvalue weighted by atomic mass is 16.6. The molecule has 0 bridgehead atoms. The number of piperidine rings is 1. The molecule has 1 aromatic carbocycles. The van der Waals surface area contributed by atoms with E-state index in [9.17, 15) is 10.1 Å². The number of aromatic nitrogens is 1. The molecule has 1 fully saturated rings. The van der Waals surface area contributed by atoms with Gasteiger partial charge < -0.3 is 15.2 Å². The van der Waals surface area contributed by atoms with Crippen LogP contribution in [-0.4, -0.2) is 29.2 Å². The standard InChI is InChI=1S/C16H20N4O3/c1-10-16(11(2)23-19-10)12-3-4-14(15(9-12)20(21)22)18-13-5-7-17-8-6-13/h3-4,9,13,17-18H,5-8H2,1-2H3. The lowest BCUT2D eigenvalue weighted by atomic mass is 10.0. The van der Waals surface area contributed by atoms with Crippen LogP contribution in [0.2, 0.25) is 0 Å². The molecule has 1 aliphatic heterocycles. The van der Waals surface area contributed by atoms with Gasteiger partial charge in [0.05, 0.1) is 10.6 Å². The first-order chi connectivity index (χ1) is 11.1. The van der Waals surface area contributed by atoms with Gasteiger partial charge in [-0.1, -0.05) is 11.2 Å². The Balaban J connectivity index is 1.94. The molecule has 2 heterocycles. The summed E-state index contributed by atoms with van der Waals surface area (Å²) < 4.78 is 5.16. The number of rotatable bonds is 4. The summed E-state index contributed by atoms with van der Waals surface area (Å²) >= 11 is 0. The average Bonchev–Trinajstić information content (AvgIpc) is 2.88. The predicted molar refractivity (Wildman–Crippen MR) is 87.6 cm³/mol. The van der Waals surface area contributed by atoms with Gasteiger partial charge in [-0.05, 0) is 51.4 Å². The minimum atomic E-state index is -0.342. The third-order valence-corrected chi connectivity index (χ3v) is 4.22. The van der Waals surface area contributed by atoms with Crippen LogP contribution in [0.3, 0.4) is 0 Å². The Morgan fingerprint density at radius 1 is 1.35 bits per heavy atom. The van der Waals surface area contributed by atoms with Crippen LogP contribution in [0.25, 0.3) is 11.1 Å². The number of nitrogens with one attached hydrogen (secondary N) is 2. The molecule has 122 valence electrons. The lowest BCUT2D eigenvalue weighted by Gasteiger charge is -2.24. The van der Waals surface area contributed by atoms with Crippen molar-refractivity contribution < 1.29 is 9.45 Å². The first-order valence-corrected chi connectivity index (χ1v) is 7.75. The van der Waals surface area contributed by atoms with E-state index < -0.39 is 0 Å². The van der Waals surface area contributed by atoms with Crippen LogP contribution in [-0.2, 0) is 0 Å². The Kier molecular flexibility index (Phi) is 4.29. The largest absolute Gasteiger partial charge is 0.377 e. The van der Waals surface area contributed by atoms with Gasteiger partial charge in [-0.2, -0.15) is 0 Å². The third-order valence-electron chi connectivity index (χ3n) is 4.22. The minimum Gasteiger partial charge on any atom is -0.377 e. The molecule has 0 atom stereocenters. The first-order valence-electron chi connectivity index (χ1n) is 7.75. The predicted octanol–water partition coefficient (Wildman–Crippen LogP) is 3.03. The second-order valence-electron chi connectivity index (χ2n) is 5.86. The van der Waals surface area contributed by atoms with Gasteiger partial charge >= 0.3 is 0 Å². The van der Waals surface area contributed by atoms with E-state index in [-0.39, 0.29) is 16.7 Å². The molecule has 2 aromatic rings. The molecule has 1 aromatic heterocycles. The highest BCUT2D eigenvalue weighted by Crippen LogP contribution is 2.34. The van der Waals surface area contributed by atoms with Crippen LogP contribution in [0.15, 0.2) is 22.7 Å². The van der Waals surface area contributed by atoms with Crippen molar-refractivity contribution in [1.82, 2.24) is 10.5 Å². The number of nitro groups is 1. The highest BCUT2D eigenvalue weighted by Gasteiger charge is 2.21. The summed E-state index contributed by atoms with van der Waals surface area (Å²) in [5, 5.41) is 22.0. The summed E-state index contributed by atoms with van der Waals surface area (Å²) in [4.78, 5) is 11.1. The second kappa shape index (κ2) is 6.37. The van der Waals surface area contributed by atoms with Crippen LogP contribution in [0.5, 0.6) is 0 Å². The van der Waals surface area contributed by atoms with E-state index in [1.165, 1.54) is 0 Å². The molecule has 7 nitrogen and oxygen atoms in total. The summed E-state index contributed by atoms with van der Waals surface area (Å²) in [7, 11) is 0. The molecule has 0 saturated carbocycles. The normalized spacial score (nSPS) is 15.6. The van der Waals surface area contributed by atoms with Gasteiger partial charge in [-0.25, -0.2) is 0 Å². The molecule has 0 aliphatic carbocycles. The molecular weight excluding hydrogens is 296 g/mol. The molecule has 1 saturated heterocycles. The maximum absolute atomic E-state index is 11.5. The Bertz CT molecular complexity index is 701. The Labute approximate surface area is 134 Å². The van der Waals surface area contributed by atoms with Crippen molar-refractivity contribution >= 4 is 11.4 Å². The van der Waals surface area contributed by atoms with Gasteiger partial charge in [-0.3, -0.25) is 10.1 Å². The Hall–Kier alpha value is -2.41. The zero-order valence-corrected chi connectivity index (χ0v) is 13.3. The molecule has 23 heavy (non-hydrogen) atoms. The quantitative estimate of drug-likeness (QED) is 0.665. The van der Waals surface area contributed by atoms with E-state index in [0.29, 0.717) is 11.4 Å². The van der Waals surface area contributed by atoms with Crippen molar-refractivity contribution in [3.05, 3.63) is 39.8 Å². The van der Waals surface area contributed by atoms with Crippen LogP contribution < -0.4 is 10.6 Å². The summed E-state index contributed by atoms with van der Waals surface area (Å²) in [5.74, 6) is 0.663. The smallest absolute Gasteiger partial charge is 0.292 e. The summed E-state index contributed by atoms with van der Waals surface area (Å²) in [6.45, 7) is 5.51. The lowest BCUT2D eigenvalue weighted by Crippen LogP contribution is -2.35. The Morgan fingerprint density at radius 2 is 2.09 bits per heavy atom. The molecule has 0 radical (unpaired) electrons. The zero-order chi connectivity index (χ0) is 16.4. The van der Waals surface area contributed by atoms with Gasteiger partial charge in [0, 0.05) is 17.7 Å². The third kappa shape index (κ3) is 3.19. The van der Waals surface area contributed by atoms with Gasteiger partial charge in [0.25, 0.3) is 5.69 Å². The van der Waals surface area contributed by atoms with E-state index in [2.05, 4.69) is 15.8 Å². The van der Waals surface area contributed by atoms with Crippen molar-refractivity contribution in [3.63, 3.8) is 0 Å². The van der Waals surface area contributed by atoms with Crippen LogP contribution in [0, 0.1) is 24.0 Å². The minimum absolute atomic E-state index is 0.0843. The number of hydrogen-bond donors (Lipinski definition) is 2. The van der Waals surface area contributed by atoms with Crippen LogP contribution >= 0.6 is 0 Å². The number of aryl methyl sites for hydroxylation is 2. The molecule has 7 heteroatoms. The fourth-order valence-electron chi connectivity index (χ4n) is 3.04. The molecule has 2 N–H and O–H groups in total. The first kappa shape index (κ1) is 15.5. The van der Waals surface area contributed by atoms with Crippen molar-refractivity contribution in [2.75, 3.05) is 18.4 Å². The molecule has 0 unspecified atom stereocenters. The molecule has 1 aliphatic rings. The van der Waals surface area contributed by atoms with Crippen molar-refractivity contribution in [3.8, 4) is 11.1 Å². The monoisotopic (exact) mass is 316 g/mol. The average molecular weight is 316 g/mol. The van der Waals surface area contributed by atoms with Crippen LogP contribution in [0.4, 0.5) is 11.4 Å². The van der Waals surface area contributed by atoms with Crippen molar-refractivity contribution in [2.45, 2.75) is 32.7 Å². The van der Waals surface area contributed by atoms with Crippen molar-refractivity contribution in [2.24, 2.45) is 0 Å². The molecule has 0 spiro atoms. The number of benzene rings is 1. The summed E-state index contributed by atoms with van der Waals surface area (Å²) in [6, 6.07) is 5.51. The highest BCUT2D eigenvalue weighted by molar-refractivity contribution is 5.75. The van der Waals surface area contributed by atoms with Crippen LogP contribution in [0.1, 0.15) is 24.3 Å². The SMILES string of the molecule is Cc1noc(C)c1-c1ccc(NC2CCNCC2)c([N+](=O)[O-])c1. The summed E-state index contributed by atoms with van der Waals surface area (Å²) in [6.07, 6.45) is 1.92. The van der Waals surface area contributed by atoms with Gasteiger partial charge in [-0.15, -0.1) is 0 Å². The molecular formula is C16H20N4O3. The number of hydrogen-bond acceptors (Lipinski definition) is 6. The maximum atomic E-state index is 11.5. The van der Waals surface area contributed by atoms with Gasteiger partial charge in [0.1, 0.15) is 11.4 Å². The van der Waals surface area contributed by atoms with E-state index >= 15 is 0 Å². The second-order valence-corrected chi connectivity index (χ2v) is 5.86. The molecule has 3 rings (SSSR count). The van der Waals surface area contributed by atoms with E-state index in [1.54, 1.807) is 12.1 Å². The maximum Gasteiger partial charge on any atom is 0.292 e. The number of anilines is 1. The number of nitro benzene ring substituents is 1. The summed E-state index contributed by atoms with van der Waals surface area (Å²) in [5.41, 5.74) is 2.96. The fourth-order valence-corrected chi connectivity index (χ4v) is 3.04. The van der Waals surface area contributed by atoms with E-state index in [1.807, 2.05) is 19.9 Å². The topological polar surface area (TPSA) is 93.2 Å². The lowest BCUT2D eigenvalue weighted by molar-refractivity contribution is -0.383. The fraction of sp³-hybridized carbons (Fsp3) is 0.438. The number of nitrogens with zero attached hydrogens (tertiary/aromatic N) is 2. The molecule has 0 amide bonds. The van der Waals surface area contributed by atoms with Gasteiger partial charge in [0.15, 0.2) is 0 Å². The van der Waals surface area contributed by atoms with Gasteiger partial charge in [0.2, 0.25) is 0 Å². The van der Waals surface area contributed by atoms with Crippen molar-refractivity contribution in [1.29, 1.82) is 0 Å². The Morgan fingerprint density at radius 3 is 2.70 bits per heavy atom. The van der Waals surface area contributed by atoms with E-state index in [0.717, 1.165) is 42.8 Å².